The van der Waals surface area contributed by atoms with Crippen LogP contribution in [0.25, 0.3) is 11.4 Å². The molecule has 0 spiro atoms. The van der Waals surface area contributed by atoms with E-state index in [1.807, 2.05) is 0 Å². The van der Waals surface area contributed by atoms with Crippen molar-refractivity contribution in [1.82, 2.24) is 30.0 Å². The van der Waals surface area contributed by atoms with Crippen molar-refractivity contribution in [1.29, 1.82) is 0 Å². The molecular formula is C23H23F2N7O3. The number of aromatic nitrogens is 5. The highest BCUT2D eigenvalue weighted by atomic mass is 19.1. The molecule has 0 aliphatic heterocycles. The van der Waals surface area contributed by atoms with E-state index in [4.69, 9.17) is 4.74 Å². The maximum Gasteiger partial charge on any atom is 0.413 e. The summed E-state index contributed by atoms with van der Waals surface area (Å²) in [5, 5.41) is 9.72. The van der Waals surface area contributed by atoms with E-state index >= 15 is 0 Å². The largest absolute Gasteiger partial charge is 0.441 e. The molecule has 2 bridgehead atoms. The molecule has 1 atom stereocenters. The Morgan fingerprint density at radius 2 is 1.80 bits per heavy atom. The fourth-order valence-corrected chi connectivity index (χ4v) is 5.15. The van der Waals surface area contributed by atoms with Crippen molar-refractivity contribution >= 4 is 17.8 Å². The SMILES string of the molecule is CC(OC(=O)Nc1c(-c2ncc(C(=O)NC34CC(C)(C3)C4)cn2)cnn1C)c1cc(F)cnc1F. The van der Waals surface area contributed by atoms with Gasteiger partial charge in [0.25, 0.3) is 5.91 Å². The molecule has 6 rings (SSSR count). The smallest absolute Gasteiger partial charge is 0.413 e. The zero-order chi connectivity index (χ0) is 25.0. The molecule has 3 aliphatic carbocycles. The van der Waals surface area contributed by atoms with Crippen LogP contribution in [-0.2, 0) is 11.8 Å². The minimum absolute atomic E-state index is 0.0903. The molecule has 3 heterocycles. The van der Waals surface area contributed by atoms with E-state index in [1.165, 1.54) is 30.2 Å². The maximum absolute atomic E-state index is 13.9. The highest BCUT2D eigenvalue weighted by Crippen LogP contribution is 2.66. The summed E-state index contributed by atoms with van der Waals surface area (Å²) in [6.07, 6.45) is 5.97. The van der Waals surface area contributed by atoms with Crippen LogP contribution in [0.5, 0.6) is 0 Å². The summed E-state index contributed by atoms with van der Waals surface area (Å²) in [5.41, 5.74) is 0.803. The summed E-state index contributed by atoms with van der Waals surface area (Å²) in [4.78, 5) is 36.9. The number of carbonyl (C=O) groups excluding carboxylic acids is 2. The first-order valence-corrected chi connectivity index (χ1v) is 11.0. The number of rotatable bonds is 6. The summed E-state index contributed by atoms with van der Waals surface area (Å²) in [7, 11) is 1.59. The molecule has 2 N–H and O–H groups in total. The number of ether oxygens (including phenoxy) is 1. The Hall–Kier alpha value is -3.96. The van der Waals surface area contributed by atoms with E-state index in [0.29, 0.717) is 16.5 Å². The van der Waals surface area contributed by atoms with E-state index in [2.05, 4.69) is 37.6 Å². The van der Waals surface area contributed by atoms with E-state index in [1.54, 1.807) is 7.05 Å². The number of carbonyl (C=O) groups is 2. The first-order chi connectivity index (χ1) is 16.6. The summed E-state index contributed by atoms with van der Waals surface area (Å²) in [6.45, 7) is 3.61. The van der Waals surface area contributed by atoms with Gasteiger partial charge in [-0.3, -0.25) is 14.8 Å². The van der Waals surface area contributed by atoms with E-state index in [9.17, 15) is 18.4 Å². The van der Waals surface area contributed by atoms with Gasteiger partial charge in [0.1, 0.15) is 17.7 Å². The number of hydrogen-bond acceptors (Lipinski definition) is 7. The quantitative estimate of drug-likeness (QED) is 0.514. The van der Waals surface area contributed by atoms with Crippen LogP contribution in [0.3, 0.4) is 0 Å². The Kier molecular flexibility index (Phi) is 5.26. The van der Waals surface area contributed by atoms with Gasteiger partial charge in [-0.15, -0.1) is 0 Å². The number of anilines is 1. The van der Waals surface area contributed by atoms with Crippen molar-refractivity contribution < 1.29 is 23.1 Å². The Balaban J connectivity index is 1.26. The lowest BCUT2D eigenvalue weighted by Gasteiger charge is -2.69. The number of nitrogens with one attached hydrogen (secondary N) is 2. The Morgan fingerprint density at radius 1 is 1.11 bits per heavy atom. The molecule has 3 fully saturated rings. The number of aryl methyl sites for hydroxylation is 1. The molecule has 1 unspecified atom stereocenters. The lowest BCUT2D eigenvalue weighted by molar-refractivity contribution is -0.132. The first-order valence-electron chi connectivity index (χ1n) is 11.0. The predicted molar refractivity (Wildman–Crippen MR) is 119 cm³/mol. The van der Waals surface area contributed by atoms with Gasteiger partial charge >= 0.3 is 6.09 Å². The monoisotopic (exact) mass is 483 g/mol. The van der Waals surface area contributed by atoms with Gasteiger partial charge in [-0.2, -0.15) is 9.49 Å². The van der Waals surface area contributed by atoms with E-state index < -0.39 is 24.0 Å². The number of halogens is 2. The fraction of sp³-hybridized carbons (Fsp3) is 0.391. The minimum atomic E-state index is -1.10. The average Bonchev–Trinajstić information content (AvgIpc) is 3.13. The van der Waals surface area contributed by atoms with Crippen LogP contribution >= 0.6 is 0 Å². The third-order valence-electron chi connectivity index (χ3n) is 6.54. The van der Waals surface area contributed by atoms with Crippen molar-refractivity contribution in [2.45, 2.75) is 44.8 Å². The van der Waals surface area contributed by atoms with Crippen LogP contribution in [0.15, 0.2) is 30.9 Å². The lowest BCUT2D eigenvalue weighted by Crippen LogP contribution is -2.73. The third kappa shape index (κ3) is 4.19. The van der Waals surface area contributed by atoms with Gasteiger partial charge < -0.3 is 10.1 Å². The topological polar surface area (TPSA) is 124 Å². The molecule has 3 aromatic heterocycles. The number of hydrogen-bond donors (Lipinski definition) is 2. The zero-order valence-electron chi connectivity index (χ0n) is 19.3. The standard InChI is InChI=1S/C23H23F2N7O3/c1-12(15-4-14(24)7-26-17(15)25)35-21(34)30-19-16(8-29-32(19)3)18-27-5-13(6-28-18)20(33)31-23-9-22(2,10-23)11-23/h4-8,12H,9-11H2,1-3H3,(H,30,34)(H,31,33). The van der Waals surface area contributed by atoms with Gasteiger partial charge in [0.15, 0.2) is 5.82 Å². The fourth-order valence-electron chi connectivity index (χ4n) is 5.15. The van der Waals surface area contributed by atoms with Crippen molar-refractivity contribution in [3.05, 3.63) is 53.7 Å². The summed E-state index contributed by atoms with van der Waals surface area (Å²) in [6, 6.07) is 0.912. The predicted octanol–water partition coefficient (Wildman–Crippen LogP) is 3.53. The number of pyridine rings is 1. The Morgan fingerprint density at radius 3 is 2.46 bits per heavy atom. The van der Waals surface area contributed by atoms with Gasteiger partial charge in [-0.05, 0) is 37.7 Å². The summed E-state index contributed by atoms with van der Waals surface area (Å²) < 4.78 is 33.8. The van der Waals surface area contributed by atoms with Crippen LogP contribution < -0.4 is 10.6 Å². The van der Waals surface area contributed by atoms with E-state index in [0.717, 1.165) is 31.5 Å². The molecule has 35 heavy (non-hydrogen) atoms. The second-order valence-corrected chi connectivity index (χ2v) is 9.61. The molecule has 2 amide bonds. The molecule has 3 saturated carbocycles. The van der Waals surface area contributed by atoms with Gasteiger partial charge in [-0.25, -0.2) is 24.1 Å². The minimum Gasteiger partial charge on any atom is -0.441 e. The molecule has 12 heteroatoms. The van der Waals surface area contributed by atoms with Crippen LogP contribution in [0.2, 0.25) is 0 Å². The zero-order valence-corrected chi connectivity index (χ0v) is 19.3. The Labute approximate surface area is 199 Å². The van der Waals surface area contributed by atoms with Crippen molar-refractivity contribution in [2.24, 2.45) is 12.5 Å². The molecule has 0 saturated heterocycles. The average molecular weight is 483 g/mol. The maximum atomic E-state index is 13.9. The number of nitrogens with zero attached hydrogens (tertiary/aromatic N) is 5. The third-order valence-corrected chi connectivity index (χ3v) is 6.54. The molecule has 10 nitrogen and oxygen atoms in total. The van der Waals surface area contributed by atoms with Crippen molar-refractivity contribution in [2.75, 3.05) is 5.32 Å². The second-order valence-electron chi connectivity index (χ2n) is 9.61. The summed E-state index contributed by atoms with van der Waals surface area (Å²) >= 11 is 0. The molecule has 3 aliphatic rings. The Bertz CT molecular complexity index is 1310. The van der Waals surface area contributed by atoms with E-state index in [-0.39, 0.29) is 28.7 Å². The van der Waals surface area contributed by atoms with Crippen LogP contribution in [0.4, 0.5) is 19.4 Å². The highest BCUT2D eigenvalue weighted by Gasteiger charge is 2.65. The number of amides is 2. The van der Waals surface area contributed by atoms with Crippen LogP contribution in [-0.4, -0.2) is 42.3 Å². The molecule has 182 valence electrons. The van der Waals surface area contributed by atoms with Crippen molar-refractivity contribution in [3.8, 4) is 11.4 Å². The van der Waals surface area contributed by atoms with Gasteiger partial charge in [-0.1, -0.05) is 6.92 Å². The highest BCUT2D eigenvalue weighted by molar-refractivity contribution is 5.95. The van der Waals surface area contributed by atoms with Gasteiger partial charge in [0.2, 0.25) is 5.95 Å². The van der Waals surface area contributed by atoms with Gasteiger partial charge in [0, 0.05) is 25.0 Å². The summed E-state index contributed by atoms with van der Waals surface area (Å²) in [5.74, 6) is -1.46. The second kappa shape index (κ2) is 8.07. The van der Waals surface area contributed by atoms with Crippen molar-refractivity contribution in [3.63, 3.8) is 0 Å². The molecule has 0 aromatic carbocycles. The molecule has 0 radical (unpaired) electrons. The first kappa shape index (κ1) is 22.8. The van der Waals surface area contributed by atoms with Gasteiger partial charge in [0.05, 0.1) is 29.1 Å². The molecule has 3 aromatic rings. The van der Waals surface area contributed by atoms with Crippen LogP contribution in [0.1, 0.15) is 55.1 Å². The normalized spacial score (nSPS) is 23.0. The lowest BCUT2D eigenvalue weighted by atomic mass is 9.40. The van der Waals surface area contributed by atoms with Crippen LogP contribution in [0, 0.1) is 17.2 Å². The molecular weight excluding hydrogens is 460 g/mol.